The molecule has 0 nitrogen and oxygen atoms in total. The standard InChI is InChI=1S/C23H22F4/c1-2-3-13-4-5-18-20(23(13)14-8-15(24)10-16(25)9-14)7-6-19-21(18)11-17(26)12-22(19)27/h2-3,8-13,18,20,23H,4-7H2,1H3. The Bertz CT molecular complexity index is 866. The van der Waals surface area contributed by atoms with Crippen molar-refractivity contribution in [1.82, 2.24) is 0 Å². The second-order valence-corrected chi connectivity index (χ2v) is 7.76. The summed E-state index contributed by atoms with van der Waals surface area (Å²) in [4.78, 5) is 0. The normalized spacial score (nSPS) is 27.4. The van der Waals surface area contributed by atoms with Crippen LogP contribution in [0.5, 0.6) is 0 Å². The van der Waals surface area contributed by atoms with Gasteiger partial charge in [0, 0.05) is 12.1 Å². The van der Waals surface area contributed by atoms with Crippen LogP contribution >= 0.6 is 0 Å². The maximum absolute atomic E-state index is 14.3. The number of benzene rings is 2. The average Bonchev–Trinajstić information content (AvgIpc) is 2.60. The van der Waals surface area contributed by atoms with Crippen LogP contribution in [-0.2, 0) is 6.42 Å². The van der Waals surface area contributed by atoms with Crippen LogP contribution in [0.3, 0.4) is 0 Å². The fourth-order valence-electron chi connectivity index (χ4n) is 5.35. The molecule has 2 aromatic carbocycles. The predicted molar refractivity (Wildman–Crippen MR) is 97.5 cm³/mol. The van der Waals surface area contributed by atoms with Crippen molar-refractivity contribution in [2.45, 2.75) is 44.4 Å². The highest BCUT2D eigenvalue weighted by Crippen LogP contribution is 2.54. The number of hydrogen-bond donors (Lipinski definition) is 0. The average molecular weight is 374 g/mol. The van der Waals surface area contributed by atoms with E-state index in [0.29, 0.717) is 17.5 Å². The maximum Gasteiger partial charge on any atom is 0.129 e. The first-order chi connectivity index (χ1) is 13.0. The molecule has 0 aromatic heterocycles. The molecule has 0 bridgehead atoms. The van der Waals surface area contributed by atoms with Gasteiger partial charge in [0.2, 0.25) is 0 Å². The largest absolute Gasteiger partial charge is 0.207 e. The molecule has 1 saturated carbocycles. The minimum absolute atomic E-state index is 0.0109. The van der Waals surface area contributed by atoms with E-state index in [1.165, 1.54) is 18.2 Å². The second-order valence-electron chi connectivity index (χ2n) is 7.76. The zero-order valence-corrected chi connectivity index (χ0v) is 15.2. The lowest BCUT2D eigenvalue weighted by Gasteiger charge is -2.46. The Kier molecular flexibility index (Phi) is 4.83. The molecule has 2 aromatic rings. The maximum atomic E-state index is 14.3. The third kappa shape index (κ3) is 3.30. The lowest BCUT2D eigenvalue weighted by atomic mass is 9.58. The molecule has 0 radical (unpaired) electrons. The number of rotatable bonds is 2. The van der Waals surface area contributed by atoms with E-state index >= 15 is 0 Å². The molecule has 1 fully saturated rings. The van der Waals surface area contributed by atoms with E-state index in [0.717, 1.165) is 37.0 Å². The Morgan fingerprint density at radius 2 is 1.56 bits per heavy atom. The Morgan fingerprint density at radius 1 is 0.852 bits per heavy atom. The van der Waals surface area contributed by atoms with Crippen molar-refractivity contribution in [3.8, 4) is 0 Å². The molecule has 0 saturated heterocycles. The van der Waals surface area contributed by atoms with Crippen LogP contribution in [0.1, 0.15) is 54.7 Å². The van der Waals surface area contributed by atoms with E-state index in [2.05, 4.69) is 6.08 Å². The molecule has 2 aliphatic carbocycles. The first-order valence-corrected chi connectivity index (χ1v) is 9.54. The molecule has 4 heteroatoms. The smallest absolute Gasteiger partial charge is 0.129 e. The number of halogens is 4. The molecule has 0 spiro atoms. The first kappa shape index (κ1) is 18.3. The molecule has 0 N–H and O–H groups in total. The van der Waals surface area contributed by atoms with E-state index in [1.807, 2.05) is 13.0 Å². The van der Waals surface area contributed by atoms with E-state index in [9.17, 15) is 17.6 Å². The first-order valence-electron chi connectivity index (χ1n) is 9.54. The summed E-state index contributed by atoms with van der Waals surface area (Å²) >= 11 is 0. The zero-order valence-electron chi connectivity index (χ0n) is 15.2. The lowest BCUT2D eigenvalue weighted by Crippen LogP contribution is -2.35. The minimum atomic E-state index is -0.584. The van der Waals surface area contributed by atoms with Crippen molar-refractivity contribution in [2.24, 2.45) is 11.8 Å². The van der Waals surface area contributed by atoms with E-state index in [4.69, 9.17) is 0 Å². The van der Waals surface area contributed by atoms with Crippen LogP contribution < -0.4 is 0 Å². The van der Waals surface area contributed by atoms with Crippen molar-refractivity contribution < 1.29 is 17.6 Å². The molecular formula is C23H22F4. The SMILES string of the molecule is CC=CC1CCC2c3cc(F)cc(F)c3CCC2C1c1cc(F)cc(F)c1. The van der Waals surface area contributed by atoms with Crippen LogP contribution in [-0.4, -0.2) is 0 Å². The Hall–Kier alpha value is -2.10. The highest BCUT2D eigenvalue weighted by molar-refractivity contribution is 5.38. The zero-order chi connectivity index (χ0) is 19.1. The van der Waals surface area contributed by atoms with Crippen LogP contribution in [0.4, 0.5) is 17.6 Å². The van der Waals surface area contributed by atoms with Gasteiger partial charge in [0.1, 0.15) is 23.3 Å². The molecule has 4 unspecified atom stereocenters. The summed E-state index contributed by atoms with van der Waals surface area (Å²) < 4.78 is 56.0. The number of hydrogen-bond acceptors (Lipinski definition) is 0. The Balaban J connectivity index is 1.80. The third-order valence-electron chi connectivity index (χ3n) is 6.28. The summed E-state index contributed by atoms with van der Waals surface area (Å²) in [5.41, 5.74) is 1.99. The van der Waals surface area contributed by atoms with Crippen molar-refractivity contribution >= 4 is 0 Å². The minimum Gasteiger partial charge on any atom is -0.207 e. The molecule has 2 aliphatic rings. The summed E-state index contributed by atoms with van der Waals surface area (Å²) in [5, 5.41) is 0. The van der Waals surface area contributed by atoms with Gasteiger partial charge >= 0.3 is 0 Å². The monoisotopic (exact) mass is 374 g/mol. The highest BCUT2D eigenvalue weighted by Gasteiger charge is 2.43. The molecular weight excluding hydrogens is 352 g/mol. The van der Waals surface area contributed by atoms with Crippen LogP contribution in [0.25, 0.3) is 0 Å². The summed E-state index contributed by atoms with van der Waals surface area (Å²) in [6, 6.07) is 6.11. The summed E-state index contributed by atoms with van der Waals surface area (Å²) in [7, 11) is 0. The van der Waals surface area contributed by atoms with Gasteiger partial charge in [-0.05, 0) is 91.2 Å². The molecule has 142 valence electrons. The van der Waals surface area contributed by atoms with Gasteiger partial charge in [-0.15, -0.1) is 0 Å². The quantitative estimate of drug-likeness (QED) is 0.407. The molecule has 4 atom stereocenters. The van der Waals surface area contributed by atoms with Crippen molar-refractivity contribution in [2.75, 3.05) is 0 Å². The predicted octanol–water partition coefficient (Wildman–Crippen LogP) is 6.66. The van der Waals surface area contributed by atoms with Gasteiger partial charge in [0.05, 0.1) is 0 Å². The number of allylic oxidation sites excluding steroid dienone is 2. The Morgan fingerprint density at radius 3 is 2.26 bits per heavy atom. The van der Waals surface area contributed by atoms with Crippen LogP contribution in [0, 0.1) is 35.1 Å². The van der Waals surface area contributed by atoms with Gasteiger partial charge in [0.15, 0.2) is 0 Å². The fraction of sp³-hybridized carbons (Fsp3) is 0.391. The van der Waals surface area contributed by atoms with Gasteiger partial charge in [-0.2, -0.15) is 0 Å². The van der Waals surface area contributed by atoms with E-state index in [1.54, 1.807) is 0 Å². The van der Waals surface area contributed by atoms with E-state index < -0.39 is 23.3 Å². The van der Waals surface area contributed by atoms with Crippen molar-refractivity contribution in [3.05, 3.63) is 82.4 Å². The highest BCUT2D eigenvalue weighted by atomic mass is 19.1. The summed E-state index contributed by atoms with van der Waals surface area (Å²) in [6.45, 7) is 1.94. The van der Waals surface area contributed by atoms with Gasteiger partial charge in [-0.3, -0.25) is 0 Å². The summed E-state index contributed by atoms with van der Waals surface area (Å²) in [5.74, 6) is -1.99. The van der Waals surface area contributed by atoms with Crippen molar-refractivity contribution in [1.29, 1.82) is 0 Å². The molecule has 0 heterocycles. The van der Waals surface area contributed by atoms with Gasteiger partial charge < -0.3 is 0 Å². The number of fused-ring (bicyclic) bond motifs is 3. The van der Waals surface area contributed by atoms with Gasteiger partial charge in [-0.25, -0.2) is 17.6 Å². The molecule has 0 aliphatic heterocycles. The van der Waals surface area contributed by atoms with Crippen LogP contribution in [0.2, 0.25) is 0 Å². The second kappa shape index (κ2) is 7.14. The third-order valence-corrected chi connectivity index (χ3v) is 6.28. The van der Waals surface area contributed by atoms with E-state index in [-0.39, 0.29) is 23.7 Å². The molecule has 4 rings (SSSR count). The van der Waals surface area contributed by atoms with Gasteiger partial charge in [-0.1, -0.05) is 12.2 Å². The molecule has 27 heavy (non-hydrogen) atoms. The lowest BCUT2D eigenvalue weighted by molar-refractivity contribution is 0.193. The van der Waals surface area contributed by atoms with Crippen molar-refractivity contribution in [3.63, 3.8) is 0 Å². The molecule has 0 amide bonds. The van der Waals surface area contributed by atoms with Gasteiger partial charge in [0.25, 0.3) is 0 Å². The van der Waals surface area contributed by atoms with Crippen LogP contribution in [0.15, 0.2) is 42.5 Å². The Labute approximate surface area is 156 Å². The fourth-order valence-corrected chi connectivity index (χ4v) is 5.35. The topological polar surface area (TPSA) is 0 Å². The summed E-state index contributed by atoms with van der Waals surface area (Å²) in [6.07, 6.45) is 6.99.